The van der Waals surface area contributed by atoms with Gasteiger partial charge in [0.2, 0.25) is 0 Å². The van der Waals surface area contributed by atoms with Crippen LogP contribution < -0.4 is 0 Å². The highest BCUT2D eigenvalue weighted by Crippen LogP contribution is 2.43. The fourth-order valence-corrected chi connectivity index (χ4v) is 4.09. The topological polar surface area (TPSA) is 53.4 Å². The number of carboxylic acids is 1. The quantitative estimate of drug-likeness (QED) is 0.848. The van der Waals surface area contributed by atoms with Crippen LogP contribution in [0, 0.1) is 5.92 Å². The van der Waals surface area contributed by atoms with Crippen molar-refractivity contribution < 1.29 is 9.90 Å². The molecule has 1 unspecified atom stereocenters. The predicted molar refractivity (Wildman–Crippen MR) is 84.4 cm³/mol. The molecule has 0 bridgehead atoms. The first-order chi connectivity index (χ1) is 10.1. The Balaban J connectivity index is 1.73. The van der Waals surface area contributed by atoms with Crippen molar-refractivity contribution in [3.05, 3.63) is 21.7 Å². The highest BCUT2D eigenvalue weighted by atomic mass is 32.1. The number of piperidine rings is 1. The van der Waals surface area contributed by atoms with E-state index in [1.165, 1.54) is 31.8 Å². The highest BCUT2D eigenvalue weighted by molar-refractivity contribution is 7.12. The maximum atomic E-state index is 10.7. The normalized spacial score (nSPS) is 23.8. The zero-order chi connectivity index (χ0) is 14.8. The fourth-order valence-electron chi connectivity index (χ4n) is 3.00. The van der Waals surface area contributed by atoms with Gasteiger partial charge in [0.25, 0.3) is 0 Å². The Morgan fingerprint density at radius 2 is 2.29 bits per heavy atom. The summed E-state index contributed by atoms with van der Waals surface area (Å²) in [5.74, 6) is 0.438. The van der Waals surface area contributed by atoms with E-state index in [4.69, 9.17) is 10.1 Å². The molecule has 0 aromatic carbocycles. The van der Waals surface area contributed by atoms with Crippen LogP contribution in [0.2, 0.25) is 0 Å². The molecule has 0 radical (unpaired) electrons. The Labute approximate surface area is 129 Å². The molecule has 5 heteroatoms. The van der Waals surface area contributed by atoms with E-state index < -0.39 is 5.97 Å². The number of aliphatic carboxylic acids is 1. The van der Waals surface area contributed by atoms with E-state index in [-0.39, 0.29) is 0 Å². The zero-order valence-corrected chi connectivity index (χ0v) is 13.2. The smallest absolute Gasteiger partial charge is 0.328 e. The average Bonchev–Trinajstić information content (AvgIpc) is 3.19. The maximum Gasteiger partial charge on any atom is 0.328 e. The van der Waals surface area contributed by atoms with Gasteiger partial charge in [0.05, 0.1) is 17.1 Å². The number of nitrogens with zero attached hydrogens (tertiary/aromatic N) is 2. The lowest BCUT2D eigenvalue weighted by Gasteiger charge is -2.29. The lowest BCUT2D eigenvalue weighted by molar-refractivity contribution is -0.131. The summed E-state index contributed by atoms with van der Waals surface area (Å²) in [6.07, 6.45) is 7.93. The molecule has 1 saturated carbocycles. The number of carbonyl (C=O) groups is 1. The van der Waals surface area contributed by atoms with Crippen LogP contribution in [0.1, 0.15) is 54.1 Å². The van der Waals surface area contributed by atoms with Gasteiger partial charge in [-0.1, -0.05) is 6.92 Å². The van der Waals surface area contributed by atoms with Crippen molar-refractivity contribution >= 4 is 23.4 Å². The Bertz CT molecular complexity index is 548. The van der Waals surface area contributed by atoms with Crippen LogP contribution in [0.3, 0.4) is 0 Å². The molecule has 21 heavy (non-hydrogen) atoms. The molecule has 1 aliphatic heterocycles. The van der Waals surface area contributed by atoms with Crippen molar-refractivity contribution in [3.8, 4) is 0 Å². The monoisotopic (exact) mass is 306 g/mol. The summed E-state index contributed by atoms with van der Waals surface area (Å²) in [6, 6.07) is 0. The van der Waals surface area contributed by atoms with Gasteiger partial charge < -0.3 is 5.11 Å². The Morgan fingerprint density at radius 3 is 2.95 bits per heavy atom. The second-order valence-corrected chi connectivity index (χ2v) is 7.40. The first-order valence-corrected chi connectivity index (χ1v) is 8.56. The van der Waals surface area contributed by atoms with Gasteiger partial charge >= 0.3 is 5.97 Å². The van der Waals surface area contributed by atoms with Crippen molar-refractivity contribution in [2.75, 3.05) is 13.1 Å². The zero-order valence-electron chi connectivity index (χ0n) is 12.4. The SMILES string of the molecule is CC1CCCN(Cc2nc(C3CC3)c(/C=C/C(=O)O)s2)C1. The summed E-state index contributed by atoms with van der Waals surface area (Å²) in [5, 5.41) is 9.94. The number of thiazole rings is 1. The molecule has 1 N–H and O–H groups in total. The van der Waals surface area contributed by atoms with Crippen molar-refractivity contribution in [1.29, 1.82) is 0 Å². The third-order valence-corrected chi connectivity index (χ3v) is 5.19. The van der Waals surface area contributed by atoms with Gasteiger partial charge in [0, 0.05) is 18.5 Å². The minimum atomic E-state index is -0.892. The summed E-state index contributed by atoms with van der Waals surface area (Å²) in [5.41, 5.74) is 1.12. The molecule has 1 saturated heterocycles. The first kappa shape index (κ1) is 14.7. The van der Waals surface area contributed by atoms with Gasteiger partial charge in [0.15, 0.2) is 0 Å². The fraction of sp³-hybridized carbons (Fsp3) is 0.625. The lowest BCUT2D eigenvalue weighted by Crippen LogP contribution is -2.33. The maximum absolute atomic E-state index is 10.7. The Hall–Kier alpha value is -1.20. The molecule has 1 atom stereocenters. The molecule has 1 aromatic rings. The van der Waals surface area contributed by atoms with Gasteiger partial charge in [-0.3, -0.25) is 4.90 Å². The molecule has 0 amide bonds. The summed E-state index contributed by atoms with van der Waals surface area (Å²) in [6.45, 7) is 5.53. The standard InChI is InChI=1S/C16H22N2O2S/c1-11-3-2-8-18(9-11)10-14-17-16(12-4-5-12)13(21-14)6-7-15(19)20/h6-7,11-12H,2-5,8-10H2,1H3,(H,19,20)/b7-6+. The summed E-state index contributed by atoms with van der Waals surface area (Å²) < 4.78 is 0. The van der Waals surface area contributed by atoms with E-state index in [1.807, 2.05) is 0 Å². The van der Waals surface area contributed by atoms with Gasteiger partial charge in [-0.15, -0.1) is 11.3 Å². The molecule has 2 heterocycles. The van der Waals surface area contributed by atoms with Crippen molar-refractivity contribution in [3.63, 3.8) is 0 Å². The molecule has 1 aliphatic carbocycles. The lowest BCUT2D eigenvalue weighted by atomic mass is 10.0. The van der Waals surface area contributed by atoms with Crippen molar-refractivity contribution in [2.45, 2.75) is 45.1 Å². The number of hydrogen-bond donors (Lipinski definition) is 1. The number of carboxylic acid groups (broad SMARTS) is 1. The Kier molecular flexibility index (Phi) is 4.40. The van der Waals surface area contributed by atoms with Crippen LogP contribution in [0.4, 0.5) is 0 Å². The van der Waals surface area contributed by atoms with Gasteiger partial charge in [-0.25, -0.2) is 9.78 Å². The summed E-state index contributed by atoms with van der Waals surface area (Å²) >= 11 is 1.66. The van der Waals surface area contributed by atoms with Crippen LogP contribution in [-0.2, 0) is 11.3 Å². The van der Waals surface area contributed by atoms with Crippen LogP contribution >= 0.6 is 11.3 Å². The number of hydrogen-bond acceptors (Lipinski definition) is 4. The van der Waals surface area contributed by atoms with Gasteiger partial charge in [-0.05, 0) is 44.2 Å². The number of aromatic nitrogens is 1. The van der Waals surface area contributed by atoms with Crippen molar-refractivity contribution in [2.24, 2.45) is 5.92 Å². The summed E-state index contributed by atoms with van der Waals surface area (Å²) in [7, 11) is 0. The average molecular weight is 306 g/mol. The Morgan fingerprint density at radius 1 is 1.48 bits per heavy atom. The van der Waals surface area contributed by atoms with E-state index >= 15 is 0 Å². The van der Waals surface area contributed by atoms with Gasteiger partial charge in [0.1, 0.15) is 5.01 Å². The van der Waals surface area contributed by atoms with Crippen LogP contribution in [-0.4, -0.2) is 34.0 Å². The molecule has 1 aromatic heterocycles. The molecular formula is C16H22N2O2S. The molecule has 2 aliphatic rings. The predicted octanol–water partition coefficient (Wildman–Crippen LogP) is 3.35. The summed E-state index contributed by atoms with van der Waals surface area (Å²) in [4.78, 5) is 19.0. The third-order valence-electron chi connectivity index (χ3n) is 4.17. The van der Waals surface area contributed by atoms with E-state index in [0.717, 1.165) is 41.1 Å². The van der Waals surface area contributed by atoms with Crippen LogP contribution in [0.25, 0.3) is 6.08 Å². The minimum absolute atomic E-state index is 0.559. The number of rotatable bonds is 5. The number of likely N-dealkylation sites (tertiary alicyclic amines) is 1. The van der Waals surface area contributed by atoms with Crippen LogP contribution in [0.15, 0.2) is 6.08 Å². The minimum Gasteiger partial charge on any atom is -0.478 e. The van der Waals surface area contributed by atoms with E-state index in [2.05, 4.69) is 11.8 Å². The molecule has 4 nitrogen and oxygen atoms in total. The molecular weight excluding hydrogens is 284 g/mol. The third kappa shape index (κ3) is 3.92. The molecule has 0 spiro atoms. The largest absolute Gasteiger partial charge is 0.478 e. The molecule has 114 valence electrons. The highest BCUT2D eigenvalue weighted by Gasteiger charge is 2.29. The van der Waals surface area contributed by atoms with Crippen molar-refractivity contribution in [1.82, 2.24) is 9.88 Å². The molecule has 3 rings (SSSR count). The van der Waals surface area contributed by atoms with E-state index in [1.54, 1.807) is 17.4 Å². The van der Waals surface area contributed by atoms with Crippen LogP contribution in [0.5, 0.6) is 0 Å². The second kappa shape index (κ2) is 6.28. The first-order valence-electron chi connectivity index (χ1n) is 7.75. The van der Waals surface area contributed by atoms with Gasteiger partial charge in [-0.2, -0.15) is 0 Å². The van der Waals surface area contributed by atoms with E-state index in [0.29, 0.717) is 5.92 Å². The van der Waals surface area contributed by atoms with E-state index in [9.17, 15) is 4.79 Å². The molecule has 2 fully saturated rings. The second-order valence-electron chi connectivity index (χ2n) is 6.29.